The second kappa shape index (κ2) is 3.68. The van der Waals surface area contributed by atoms with E-state index in [1.807, 2.05) is 4.68 Å². The van der Waals surface area contributed by atoms with Crippen LogP contribution in [0.3, 0.4) is 0 Å². The molecule has 1 heterocycles. The highest BCUT2D eigenvalue weighted by Crippen LogP contribution is 2.30. The number of aldehydes is 1. The van der Waals surface area contributed by atoms with Crippen LogP contribution in [0.1, 0.15) is 31.7 Å². The summed E-state index contributed by atoms with van der Waals surface area (Å²) in [5.74, 6) is 0.278. The van der Waals surface area contributed by atoms with Gasteiger partial charge in [0.05, 0.1) is 6.04 Å². The summed E-state index contributed by atoms with van der Waals surface area (Å²) < 4.78 is 1.90. The Bertz CT molecular complexity index is 262. The number of hydrogen-bond donors (Lipinski definition) is 0. The van der Waals surface area contributed by atoms with E-state index in [0.717, 1.165) is 32.0 Å². The highest BCUT2D eigenvalue weighted by molar-refractivity contribution is 5.53. The Morgan fingerprint density at radius 1 is 1.31 bits per heavy atom. The summed E-state index contributed by atoms with van der Waals surface area (Å²) >= 11 is 0. The standard InChI is InChI=1S/C9H13N3O/c13-5-8-1-3-9(4-2-8)12-7-10-6-11-12/h5-9H,1-4H2. The van der Waals surface area contributed by atoms with Gasteiger partial charge in [-0.3, -0.25) is 0 Å². The Labute approximate surface area is 77.0 Å². The minimum Gasteiger partial charge on any atom is -0.303 e. The van der Waals surface area contributed by atoms with Crippen molar-refractivity contribution in [2.75, 3.05) is 0 Å². The summed E-state index contributed by atoms with van der Waals surface area (Å²) in [4.78, 5) is 14.4. The average molecular weight is 179 g/mol. The van der Waals surface area contributed by atoms with Gasteiger partial charge in [-0.15, -0.1) is 0 Å². The molecule has 0 amide bonds. The van der Waals surface area contributed by atoms with Crippen LogP contribution in [0.25, 0.3) is 0 Å². The molecule has 1 aromatic rings. The number of carbonyl (C=O) groups excluding carboxylic acids is 1. The minimum atomic E-state index is 0.278. The van der Waals surface area contributed by atoms with Gasteiger partial charge >= 0.3 is 0 Å². The van der Waals surface area contributed by atoms with E-state index in [9.17, 15) is 4.79 Å². The van der Waals surface area contributed by atoms with Crippen LogP contribution in [-0.4, -0.2) is 21.1 Å². The van der Waals surface area contributed by atoms with E-state index < -0.39 is 0 Å². The van der Waals surface area contributed by atoms with Gasteiger partial charge in [0.2, 0.25) is 0 Å². The lowest BCUT2D eigenvalue weighted by Crippen LogP contribution is -2.19. The fraction of sp³-hybridized carbons (Fsp3) is 0.667. The maximum atomic E-state index is 10.5. The van der Waals surface area contributed by atoms with Crippen LogP contribution in [0.5, 0.6) is 0 Å². The molecule has 4 nitrogen and oxygen atoms in total. The molecule has 70 valence electrons. The molecule has 13 heavy (non-hydrogen) atoms. The van der Waals surface area contributed by atoms with Gasteiger partial charge in [-0.2, -0.15) is 5.10 Å². The molecule has 2 rings (SSSR count). The summed E-state index contributed by atoms with van der Waals surface area (Å²) in [5.41, 5.74) is 0. The summed E-state index contributed by atoms with van der Waals surface area (Å²) in [6.45, 7) is 0. The predicted molar refractivity (Wildman–Crippen MR) is 47.1 cm³/mol. The second-order valence-electron chi connectivity index (χ2n) is 3.58. The second-order valence-corrected chi connectivity index (χ2v) is 3.58. The van der Waals surface area contributed by atoms with Crippen LogP contribution < -0.4 is 0 Å². The van der Waals surface area contributed by atoms with Crippen LogP contribution in [-0.2, 0) is 4.79 Å². The Morgan fingerprint density at radius 2 is 2.08 bits per heavy atom. The Hall–Kier alpha value is -1.19. The smallest absolute Gasteiger partial charge is 0.137 e. The normalized spacial score (nSPS) is 28.6. The molecule has 1 aliphatic carbocycles. The summed E-state index contributed by atoms with van der Waals surface area (Å²) in [5, 5.41) is 4.11. The van der Waals surface area contributed by atoms with Crippen LogP contribution >= 0.6 is 0 Å². The number of aromatic nitrogens is 3. The largest absolute Gasteiger partial charge is 0.303 e. The van der Waals surface area contributed by atoms with E-state index in [1.54, 1.807) is 12.7 Å². The number of carbonyl (C=O) groups is 1. The third kappa shape index (κ3) is 1.76. The summed E-state index contributed by atoms with van der Waals surface area (Å²) in [6.07, 6.45) is 8.48. The lowest BCUT2D eigenvalue weighted by atomic mass is 9.87. The fourth-order valence-corrected chi connectivity index (χ4v) is 1.91. The molecule has 0 unspecified atom stereocenters. The first-order valence-electron chi connectivity index (χ1n) is 4.69. The quantitative estimate of drug-likeness (QED) is 0.641. The Kier molecular flexibility index (Phi) is 2.38. The molecule has 1 fully saturated rings. The molecule has 0 saturated heterocycles. The summed E-state index contributed by atoms with van der Waals surface area (Å²) in [6, 6.07) is 0.457. The number of hydrogen-bond acceptors (Lipinski definition) is 3. The first kappa shape index (κ1) is 8.41. The molecular weight excluding hydrogens is 166 g/mol. The molecule has 1 aromatic heterocycles. The average Bonchev–Trinajstić information content (AvgIpc) is 2.71. The molecule has 0 aliphatic heterocycles. The van der Waals surface area contributed by atoms with Crippen molar-refractivity contribution in [2.45, 2.75) is 31.7 Å². The first-order valence-corrected chi connectivity index (χ1v) is 4.69. The molecule has 0 radical (unpaired) electrons. The third-order valence-electron chi connectivity index (χ3n) is 2.74. The Morgan fingerprint density at radius 3 is 2.62 bits per heavy atom. The molecule has 4 heteroatoms. The zero-order valence-corrected chi connectivity index (χ0v) is 7.47. The van der Waals surface area contributed by atoms with E-state index in [4.69, 9.17) is 0 Å². The van der Waals surface area contributed by atoms with Crippen molar-refractivity contribution in [3.8, 4) is 0 Å². The van der Waals surface area contributed by atoms with E-state index in [-0.39, 0.29) is 5.92 Å². The lowest BCUT2D eigenvalue weighted by molar-refractivity contribution is -0.112. The van der Waals surface area contributed by atoms with Gasteiger partial charge in [0, 0.05) is 5.92 Å². The van der Waals surface area contributed by atoms with E-state index in [0.29, 0.717) is 6.04 Å². The van der Waals surface area contributed by atoms with Crippen LogP contribution in [0.4, 0.5) is 0 Å². The van der Waals surface area contributed by atoms with Crippen molar-refractivity contribution in [2.24, 2.45) is 5.92 Å². The molecule has 0 N–H and O–H groups in total. The van der Waals surface area contributed by atoms with Gasteiger partial charge in [-0.25, -0.2) is 9.67 Å². The van der Waals surface area contributed by atoms with Crippen molar-refractivity contribution in [1.82, 2.24) is 14.8 Å². The predicted octanol–water partition coefficient (Wildman–Crippen LogP) is 1.21. The SMILES string of the molecule is O=CC1CCC(n2cncn2)CC1. The van der Waals surface area contributed by atoms with Gasteiger partial charge in [0.25, 0.3) is 0 Å². The van der Waals surface area contributed by atoms with Gasteiger partial charge < -0.3 is 4.79 Å². The van der Waals surface area contributed by atoms with E-state index in [1.165, 1.54) is 0 Å². The van der Waals surface area contributed by atoms with Crippen molar-refractivity contribution in [1.29, 1.82) is 0 Å². The third-order valence-corrected chi connectivity index (χ3v) is 2.74. The zero-order valence-electron chi connectivity index (χ0n) is 7.47. The monoisotopic (exact) mass is 179 g/mol. The summed E-state index contributed by atoms with van der Waals surface area (Å²) in [7, 11) is 0. The van der Waals surface area contributed by atoms with E-state index in [2.05, 4.69) is 10.1 Å². The molecule has 1 aliphatic rings. The minimum absolute atomic E-state index is 0.278. The molecule has 1 saturated carbocycles. The highest BCUT2D eigenvalue weighted by atomic mass is 16.1. The number of rotatable bonds is 2. The first-order chi connectivity index (χ1) is 6.40. The Balaban J connectivity index is 1.95. The van der Waals surface area contributed by atoms with Gasteiger partial charge in [-0.05, 0) is 25.7 Å². The van der Waals surface area contributed by atoms with Gasteiger partial charge in [0.15, 0.2) is 0 Å². The van der Waals surface area contributed by atoms with Crippen LogP contribution in [0.15, 0.2) is 12.7 Å². The van der Waals surface area contributed by atoms with Crippen molar-refractivity contribution in [3.05, 3.63) is 12.7 Å². The lowest BCUT2D eigenvalue weighted by Gasteiger charge is -2.24. The molecule has 0 atom stereocenters. The maximum absolute atomic E-state index is 10.5. The maximum Gasteiger partial charge on any atom is 0.137 e. The fourth-order valence-electron chi connectivity index (χ4n) is 1.91. The molecular formula is C9H13N3O. The number of nitrogens with zero attached hydrogens (tertiary/aromatic N) is 3. The highest BCUT2D eigenvalue weighted by Gasteiger charge is 2.21. The molecule has 0 bridgehead atoms. The van der Waals surface area contributed by atoms with Gasteiger partial charge in [0.1, 0.15) is 18.9 Å². The van der Waals surface area contributed by atoms with Gasteiger partial charge in [-0.1, -0.05) is 0 Å². The van der Waals surface area contributed by atoms with E-state index >= 15 is 0 Å². The zero-order chi connectivity index (χ0) is 9.10. The molecule has 0 aromatic carbocycles. The van der Waals surface area contributed by atoms with Crippen molar-refractivity contribution < 1.29 is 4.79 Å². The van der Waals surface area contributed by atoms with Crippen LogP contribution in [0, 0.1) is 5.92 Å². The van der Waals surface area contributed by atoms with Crippen LogP contribution in [0.2, 0.25) is 0 Å². The topological polar surface area (TPSA) is 47.8 Å². The molecule has 0 spiro atoms. The van der Waals surface area contributed by atoms with Crippen molar-refractivity contribution >= 4 is 6.29 Å². The van der Waals surface area contributed by atoms with Crippen molar-refractivity contribution in [3.63, 3.8) is 0 Å².